The van der Waals surface area contributed by atoms with Crippen molar-refractivity contribution >= 4 is 5.91 Å². The van der Waals surface area contributed by atoms with Crippen molar-refractivity contribution in [3.05, 3.63) is 47.9 Å². The van der Waals surface area contributed by atoms with Crippen LogP contribution in [0.25, 0.3) is 11.3 Å². The molecule has 1 unspecified atom stereocenters. The fourth-order valence-corrected chi connectivity index (χ4v) is 5.92. The van der Waals surface area contributed by atoms with Gasteiger partial charge in [0.05, 0.1) is 5.69 Å². The second kappa shape index (κ2) is 9.28. The molecule has 32 heavy (non-hydrogen) atoms. The third-order valence-corrected chi connectivity index (χ3v) is 7.77. The van der Waals surface area contributed by atoms with Crippen LogP contribution in [-0.4, -0.2) is 70.5 Å². The van der Waals surface area contributed by atoms with Gasteiger partial charge in [-0.05, 0) is 51.1 Å². The minimum Gasteiger partial charge on any atom is -0.343 e. The first-order chi connectivity index (χ1) is 15.6. The van der Waals surface area contributed by atoms with E-state index in [0.717, 1.165) is 50.5 Å². The minimum absolute atomic E-state index is 0.209. The normalized spacial score (nSPS) is 28.1. The van der Waals surface area contributed by atoms with Gasteiger partial charge in [-0.2, -0.15) is 0 Å². The molecule has 6 heteroatoms. The molecule has 0 saturated carbocycles. The summed E-state index contributed by atoms with van der Waals surface area (Å²) in [5, 5.41) is 3.82. The molecule has 0 radical (unpaired) electrons. The Labute approximate surface area is 191 Å². The van der Waals surface area contributed by atoms with Gasteiger partial charge >= 0.3 is 0 Å². The highest BCUT2D eigenvalue weighted by atomic mass is 16.2. The van der Waals surface area contributed by atoms with Crippen molar-refractivity contribution in [3.8, 4) is 11.3 Å². The van der Waals surface area contributed by atoms with Crippen LogP contribution in [0.4, 0.5) is 0 Å². The first-order valence-electron chi connectivity index (χ1n) is 12.2. The van der Waals surface area contributed by atoms with E-state index in [0.29, 0.717) is 23.9 Å². The van der Waals surface area contributed by atoms with E-state index in [-0.39, 0.29) is 5.91 Å². The quantitative estimate of drug-likeness (QED) is 0.785. The average molecular weight is 434 g/mol. The Hall–Kier alpha value is -2.31. The average Bonchev–Trinajstić information content (AvgIpc) is 2.83. The maximum atomic E-state index is 11.6. The van der Waals surface area contributed by atoms with Gasteiger partial charge in [-0.1, -0.05) is 30.3 Å². The van der Waals surface area contributed by atoms with E-state index >= 15 is 0 Å². The number of likely N-dealkylation sites (tertiary alicyclic amines) is 1. The molecule has 4 saturated heterocycles. The number of fused-ring (bicyclic) bond motifs is 3. The molecule has 5 heterocycles. The van der Waals surface area contributed by atoms with Crippen molar-refractivity contribution in [2.75, 3.05) is 32.7 Å². The van der Waals surface area contributed by atoms with E-state index in [2.05, 4.69) is 40.5 Å². The molecule has 2 aromatic rings. The number of rotatable bonds is 5. The number of nitrogens with zero attached hydrogens (tertiary/aromatic N) is 4. The van der Waals surface area contributed by atoms with Crippen LogP contribution in [0.5, 0.6) is 0 Å². The molecular weight excluding hydrogens is 398 g/mol. The van der Waals surface area contributed by atoms with Crippen molar-refractivity contribution in [2.24, 2.45) is 5.92 Å². The maximum Gasteiger partial charge on any atom is 0.219 e. The van der Waals surface area contributed by atoms with Crippen LogP contribution in [0.3, 0.4) is 0 Å². The Morgan fingerprint density at radius 3 is 2.56 bits per heavy atom. The number of nitrogens with one attached hydrogen (secondary N) is 1. The smallest absolute Gasteiger partial charge is 0.219 e. The molecule has 4 fully saturated rings. The lowest BCUT2D eigenvalue weighted by atomic mass is 9.74. The first-order valence-corrected chi connectivity index (χ1v) is 12.2. The summed E-state index contributed by atoms with van der Waals surface area (Å²) < 4.78 is 0. The molecule has 170 valence electrons. The largest absolute Gasteiger partial charge is 0.343 e. The number of carbonyl (C=O) groups is 1. The Kier molecular flexibility index (Phi) is 6.24. The van der Waals surface area contributed by atoms with Gasteiger partial charge < -0.3 is 10.2 Å². The van der Waals surface area contributed by atoms with Gasteiger partial charge in [-0.25, -0.2) is 9.97 Å². The van der Waals surface area contributed by atoms with Crippen LogP contribution in [-0.2, 0) is 4.79 Å². The van der Waals surface area contributed by atoms with Crippen molar-refractivity contribution in [2.45, 2.75) is 57.5 Å². The zero-order valence-corrected chi connectivity index (χ0v) is 19.3. The van der Waals surface area contributed by atoms with Gasteiger partial charge in [0.2, 0.25) is 5.91 Å². The molecule has 1 aromatic heterocycles. The van der Waals surface area contributed by atoms with Crippen LogP contribution in [0.1, 0.15) is 50.0 Å². The lowest BCUT2D eigenvalue weighted by Crippen LogP contribution is -2.57. The lowest BCUT2D eigenvalue weighted by Gasteiger charge is -2.50. The highest BCUT2D eigenvalue weighted by molar-refractivity contribution is 5.73. The van der Waals surface area contributed by atoms with Crippen molar-refractivity contribution in [3.63, 3.8) is 0 Å². The van der Waals surface area contributed by atoms with Crippen molar-refractivity contribution in [1.82, 2.24) is 25.1 Å². The summed E-state index contributed by atoms with van der Waals surface area (Å²) in [4.78, 5) is 25.8. The summed E-state index contributed by atoms with van der Waals surface area (Å²) in [5.74, 6) is 2.28. The zero-order chi connectivity index (χ0) is 22.1. The second-order valence-electron chi connectivity index (χ2n) is 9.82. The van der Waals surface area contributed by atoms with Gasteiger partial charge in [0, 0.05) is 62.4 Å². The summed E-state index contributed by atoms with van der Waals surface area (Å²) in [7, 11) is 0. The van der Waals surface area contributed by atoms with Crippen LogP contribution in [0.2, 0.25) is 0 Å². The van der Waals surface area contributed by atoms with Crippen molar-refractivity contribution < 1.29 is 4.79 Å². The number of aromatic nitrogens is 2. The Morgan fingerprint density at radius 1 is 1.09 bits per heavy atom. The summed E-state index contributed by atoms with van der Waals surface area (Å²) >= 11 is 0. The molecule has 4 atom stereocenters. The van der Waals surface area contributed by atoms with Gasteiger partial charge in [-0.15, -0.1) is 0 Å². The number of hydrogen-bond donors (Lipinski definition) is 1. The Morgan fingerprint density at radius 2 is 1.88 bits per heavy atom. The van der Waals surface area contributed by atoms with Crippen molar-refractivity contribution in [1.29, 1.82) is 0 Å². The molecule has 4 aliphatic heterocycles. The van der Waals surface area contributed by atoms with E-state index in [1.54, 1.807) is 6.92 Å². The fraction of sp³-hybridized carbons (Fsp3) is 0.577. The van der Waals surface area contributed by atoms with Crippen LogP contribution in [0, 0.1) is 12.8 Å². The predicted octanol–water partition coefficient (Wildman–Crippen LogP) is 3.23. The monoisotopic (exact) mass is 433 g/mol. The number of hydrogen-bond acceptors (Lipinski definition) is 5. The Balaban J connectivity index is 1.21. The zero-order valence-electron chi connectivity index (χ0n) is 19.3. The molecule has 6 nitrogen and oxygen atoms in total. The topological polar surface area (TPSA) is 61.4 Å². The SMILES string of the molecule is CC(=O)N1CCC(NC[C@H]2C[C@@H]3CCN2C[C@@H]3c2cc(-c3ccccc3)nc(C)n2)CC1. The van der Waals surface area contributed by atoms with E-state index in [9.17, 15) is 4.79 Å². The summed E-state index contributed by atoms with van der Waals surface area (Å²) in [6.45, 7) is 8.84. The Bertz CT molecular complexity index is 940. The molecule has 2 bridgehead atoms. The third kappa shape index (κ3) is 4.57. The van der Waals surface area contributed by atoms with Crippen LogP contribution >= 0.6 is 0 Å². The molecule has 1 N–H and O–H groups in total. The van der Waals surface area contributed by atoms with E-state index < -0.39 is 0 Å². The maximum absolute atomic E-state index is 11.6. The van der Waals surface area contributed by atoms with Crippen LogP contribution in [0.15, 0.2) is 36.4 Å². The molecular formula is C26H35N5O. The number of aryl methyl sites for hydroxylation is 1. The molecule has 1 aromatic carbocycles. The summed E-state index contributed by atoms with van der Waals surface area (Å²) in [6, 6.07) is 13.8. The van der Waals surface area contributed by atoms with Gasteiger partial charge in [-0.3, -0.25) is 9.69 Å². The number of amides is 1. The standard InChI is InChI=1S/C26H35N5O/c1-18-28-25(20-6-4-3-5-7-20)15-26(29-18)24-17-31-11-8-21(24)14-23(31)16-27-22-9-12-30(13-10-22)19(2)32/h3-7,15,21-24,27H,8-14,16-17H2,1-2H3/t21-,23+,24-/m0/s1. The second-order valence-corrected chi connectivity index (χ2v) is 9.82. The highest BCUT2D eigenvalue weighted by Gasteiger charge is 2.41. The number of carbonyl (C=O) groups excluding carboxylic acids is 1. The number of benzene rings is 1. The summed E-state index contributed by atoms with van der Waals surface area (Å²) in [5.41, 5.74) is 3.42. The molecule has 1 amide bonds. The van der Waals surface area contributed by atoms with E-state index in [1.807, 2.05) is 17.9 Å². The highest BCUT2D eigenvalue weighted by Crippen LogP contribution is 2.41. The van der Waals surface area contributed by atoms with Crippen LogP contribution < -0.4 is 5.32 Å². The molecule has 6 rings (SSSR count). The summed E-state index contributed by atoms with van der Waals surface area (Å²) in [6.07, 6.45) is 4.65. The third-order valence-electron chi connectivity index (χ3n) is 7.77. The molecule has 0 spiro atoms. The molecule has 4 aliphatic rings. The van der Waals surface area contributed by atoms with E-state index in [1.165, 1.54) is 30.6 Å². The first kappa shape index (κ1) is 21.5. The van der Waals surface area contributed by atoms with Gasteiger partial charge in [0.1, 0.15) is 5.82 Å². The van der Waals surface area contributed by atoms with Gasteiger partial charge in [0.25, 0.3) is 0 Å². The van der Waals surface area contributed by atoms with Gasteiger partial charge in [0.15, 0.2) is 0 Å². The number of piperidine rings is 4. The predicted molar refractivity (Wildman–Crippen MR) is 126 cm³/mol. The molecule has 0 aliphatic carbocycles. The minimum atomic E-state index is 0.209. The lowest BCUT2D eigenvalue weighted by molar-refractivity contribution is -0.129. The van der Waals surface area contributed by atoms with E-state index in [4.69, 9.17) is 9.97 Å². The fourth-order valence-electron chi connectivity index (χ4n) is 5.92.